The van der Waals surface area contributed by atoms with E-state index in [4.69, 9.17) is 5.84 Å². The fourth-order valence-corrected chi connectivity index (χ4v) is 2.16. The molecule has 0 saturated heterocycles. The number of nitrogens with two attached hydrogens (primary N) is 1. The van der Waals surface area contributed by atoms with Crippen molar-refractivity contribution in [3.8, 4) is 0 Å². The number of hydrogen-bond donors (Lipinski definition) is 2. The topological polar surface area (TPSA) is 58.4 Å². The van der Waals surface area contributed by atoms with Crippen molar-refractivity contribution in [1.82, 2.24) is 10.3 Å². The molecule has 0 heterocycles. The molecule has 0 unspecified atom stereocenters. The third-order valence-corrected chi connectivity index (χ3v) is 2.79. The van der Waals surface area contributed by atoms with Gasteiger partial charge in [0.25, 0.3) is 0 Å². The Morgan fingerprint density at radius 3 is 2.06 bits per heavy atom. The molecule has 0 aromatic carbocycles. The van der Waals surface area contributed by atoms with E-state index >= 15 is 0 Å². The SMILES string of the molecule is CC(C)CN(CCCCCC(=O)NN)CC(C)C. The summed E-state index contributed by atoms with van der Waals surface area (Å²) in [5.74, 6) is 6.41. The number of amides is 1. The third kappa shape index (κ3) is 10.5. The summed E-state index contributed by atoms with van der Waals surface area (Å²) in [6.07, 6.45) is 3.74. The molecule has 1 amide bonds. The second-order valence-electron chi connectivity index (χ2n) is 5.93. The summed E-state index contributed by atoms with van der Waals surface area (Å²) in [5, 5.41) is 0. The molecule has 18 heavy (non-hydrogen) atoms. The van der Waals surface area contributed by atoms with Crippen LogP contribution in [-0.2, 0) is 4.79 Å². The summed E-state index contributed by atoms with van der Waals surface area (Å²) >= 11 is 0. The van der Waals surface area contributed by atoms with Crippen molar-refractivity contribution < 1.29 is 4.79 Å². The molecular formula is C14H31N3O. The van der Waals surface area contributed by atoms with Crippen molar-refractivity contribution in [1.29, 1.82) is 0 Å². The molecule has 3 N–H and O–H groups in total. The van der Waals surface area contributed by atoms with Gasteiger partial charge in [0.15, 0.2) is 0 Å². The van der Waals surface area contributed by atoms with Crippen molar-refractivity contribution in [2.45, 2.75) is 53.4 Å². The van der Waals surface area contributed by atoms with Gasteiger partial charge in [0.05, 0.1) is 0 Å². The average Bonchev–Trinajstić information content (AvgIpc) is 2.26. The van der Waals surface area contributed by atoms with Gasteiger partial charge in [-0.15, -0.1) is 0 Å². The van der Waals surface area contributed by atoms with Gasteiger partial charge in [0.2, 0.25) is 5.91 Å². The minimum absolute atomic E-state index is 0.0591. The van der Waals surface area contributed by atoms with Crippen molar-refractivity contribution in [2.75, 3.05) is 19.6 Å². The highest BCUT2D eigenvalue weighted by atomic mass is 16.2. The molecule has 0 aliphatic rings. The molecule has 0 atom stereocenters. The van der Waals surface area contributed by atoms with Crippen molar-refractivity contribution >= 4 is 5.91 Å². The van der Waals surface area contributed by atoms with Crippen molar-refractivity contribution in [3.05, 3.63) is 0 Å². The van der Waals surface area contributed by atoms with Gasteiger partial charge in [0, 0.05) is 19.5 Å². The van der Waals surface area contributed by atoms with Crippen molar-refractivity contribution in [3.63, 3.8) is 0 Å². The Hall–Kier alpha value is -0.610. The van der Waals surface area contributed by atoms with E-state index in [1.165, 1.54) is 13.1 Å². The van der Waals surface area contributed by atoms with Crippen LogP contribution in [0.25, 0.3) is 0 Å². The van der Waals surface area contributed by atoms with E-state index in [1.54, 1.807) is 0 Å². The second kappa shape index (κ2) is 10.3. The molecule has 0 aromatic heterocycles. The number of carbonyl (C=O) groups excluding carboxylic acids is 1. The molecule has 0 bridgehead atoms. The van der Waals surface area contributed by atoms with E-state index in [-0.39, 0.29) is 5.91 Å². The van der Waals surface area contributed by atoms with Gasteiger partial charge >= 0.3 is 0 Å². The smallest absolute Gasteiger partial charge is 0.233 e. The van der Waals surface area contributed by atoms with Gasteiger partial charge in [-0.25, -0.2) is 5.84 Å². The number of unbranched alkanes of at least 4 members (excludes halogenated alkanes) is 2. The first-order chi connectivity index (χ1) is 8.45. The fourth-order valence-electron chi connectivity index (χ4n) is 2.16. The van der Waals surface area contributed by atoms with E-state index in [0.29, 0.717) is 18.3 Å². The quantitative estimate of drug-likeness (QED) is 0.273. The first-order valence-corrected chi connectivity index (χ1v) is 7.17. The summed E-state index contributed by atoms with van der Waals surface area (Å²) in [7, 11) is 0. The predicted octanol–water partition coefficient (Wildman–Crippen LogP) is 2.15. The Morgan fingerprint density at radius 2 is 1.61 bits per heavy atom. The van der Waals surface area contributed by atoms with Crippen LogP contribution < -0.4 is 11.3 Å². The van der Waals surface area contributed by atoms with Crippen LogP contribution in [0.15, 0.2) is 0 Å². The van der Waals surface area contributed by atoms with Crippen LogP contribution in [0.3, 0.4) is 0 Å². The Balaban J connectivity index is 3.71. The summed E-state index contributed by atoms with van der Waals surface area (Å²) in [6, 6.07) is 0. The summed E-state index contributed by atoms with van der Waals surface area (Å²) in [5.41, 5.74) is 2.17. The lowest BCUT2D eigenvalue weighted by Gasteiger charge is -2.26. The highest BCUT2D eigenvalue weighted by molar-refractivity contribution is 5.74. The lowest BCUT2D eigenvalue weighted by molar-refractivity contribution is -0.121. The summed E-state index contributed by atoms with van der Waals surface area (Å²) in [6.45, 7) is 12.5. The Kier molecular flexibility index (Phi) is 9.98. The van der Waals surface area contributed by atoms with Crippen molar-refractivity contribution in [2.24, 2.45) is 17.7 Å². The van der Waals surface area contributed by atoms with Gasteiger partial charge in [0.1, 0.15) is 0 Å². The molecule has 0 rings (SSSR count). The summed E-state index contributed by atoms with van der Waals surface area (Å²) < 4.78 is 0. The van der Waals surface area contributed by atoms with Crippen LogP contribution in [0.2, 0.25) is 0 Å². The molecule has 108 valence electrons. The monoisotopic (exact) mass is 257 g/mol. The first kappa shape index (κ1) is 17.4. The zero-order valence-electron chi connectivity index (χ0n) is 12.5. The Bertz CT molecular complexity index is 207. The molecular weight excluding hydrogens is 226 g/mol. The van der Waals surface area contributed by atoms with Crippen LogP contribution in [0.5, 0.6) is 0 Å². The first-order valence-electron chi connectivity index (χ1n) is 7.17. The summed E-state index contributed by atoms with van der Waals surface area (Å²) in [4.78, 5) is 13.5. The molecule has 4 nitrogen and oxygen atoms in total. The van der Waals surface area contributed by atoms with Crippen LogP contribution in [0.1, 0.15) is 53.4 Å². The second-order valence-corrected chi connectivity index (χ2v) is 5.93. The van der Waals surface area contributed by atoms with Gasteiger partial charge in [-0.1, -0.05) is 34.1 Å². The molecule has 0 aromatic rings. The highest BCUT2D eigenvalue weighted by Crippen LogP contribution is 2.07. The Morgan fingerprint density at radius 1 is 1.06 bits per heavy atom. The molecule has 0 fully saturated rings. The number of nitrogens with one attached hydrogen (secondary N) is 1. The van der Waals surface area contributed by atoms with E-state index in [9.17, 15) is 4.79 Å². The molecule has 0 aliphatic heterocycles. The standard InChI is InChI=1S/C14H31N3O/c1-12(2)10-17(11-13(3)4)9-7-5-6-8-14(18)16-15/h12-13H,5-11,15H2,1-4H3,(H,16,18). The van der Waals surface area contributed by atoms with E-state index < -0.39 is 0 Å². The van der Waals surface area contributed by atoms with Crippen LogP contribution in [0, 0.1) is 11.8 Å². The predicted molar refractivity (Wildman–Crippen MR) is 76.9 cm³/mol. The lowest BCUT2D eigenvalue weighted by Crippen LogP contribution is -2.32. The normalized spacial score (nSPS) is 11.6. The molecule has 0 aliphatic carbocycles. The van der Waals surface area contributed by atoms with E-state index in [2.05, 4.69) is 38.0 Å². The van der Waals surface area contributed by atoms with Gasteiger partial charge in [-0.3, -0.25) is 10.2 Å². The fraction of sp³-hybridized carbons (Fsp3) is 0.929. The maximum atomic E-state index is 11.0. The number of hydrogen-bond acceptors (Lipinski definition) is 3. The highest BCUT2D eigenvalue weighted by Gasteiger charge is 2.09. The zero-order chi connectivity index (χ0) is 14.0. The molecule has 4 heteroatoms. The maximum Gasteiger partial charge on any atom is 0.233 e. The number of hydrazine groups is 1. The third-order valence-electron chi connectivity index (χ3n) is 2.79. The molecule has 0 spiro atoms. The average molecular weight is 257 g/mol. The lowest BCUT2D eigenvalue weighted by atomic mass is 10.1. The largest absolute Gasteiger partial charge is 0.303 e. The molecule has 0 radical (unpaired) electrons. The zero-order valence-corrected chi connectivity index (χ0v) is 12.5. The minimum atomic E-state index is -0.0591. The van der Waals surface area contributed by atoms with Crippen LogP contribution >= 0.6 is 0 Å². The number of nitrogens with zero attached hydrogens (tertiary/aromatic N) is 1. The Labute approximate surface area is 112 Å². The van der Waals surface area contributed by atoms with Gasteiger partial charge < -0.3 is 4.90 Å². The minimum Gasteiger partial charge on any atom is -0.303 e. The maximum absolute atomic E-state index is 11.0. The number of rotatable bonds is 10. The molecule has 0 saturated carbocycles. The van der Waals surface area contributed by atoms with Gasteiger partial charge in [-0.2, -0.15) is 0 Å². The van der Waals surface area contributed by atoms with E-state index in [0.717, 1.165) is 25.8 Å². The number of carbonyl (C=O) groups is 1. The van der Waals surface area contributed by atoms with Gasteiger partial charge in [-0.05, 0) is 31.2 Å². The van der Waals surface area contributed by atoms with E-state index in [1.807, 2.05) is 0 Å². The van der Waals surface area contributed by atoms with Crippen LogP contribution in [0.4, 0.5) is 0 Å². The van der Waals surface area contributed by atoms with Crippen LogP contribution in [-0.4, -0.2) is 30.4 Å².